The maximum atomic E-state index is 11.7. The minimum Gasteiger partial charge on any atom is -0.452 e. The lowest BCUT2D eigenvalue weighted by Crippen LogP contribution is -2.29. The Kier molecular flexibility index (Phi) is 6.36. The van der Waals surface area contributed by atoms with E-state index in [1.807, 2.05) is 6.92 Å². The molecule has 0 saturated heterocycles. The molecule has 0 aliphatic rings. The smallest absolute Gasteiger partial charge is 0.338 e. The molecule has 1 aromatic carbocycles. The van der Waals surface area contributed by atoms with E-state index in [9.17, 15) is 18.0 Å². The van der Waals surface area contributed by atoms with Gasteiger partial charge in [0.2, 0.25) is 0 Å². The van der Waals surface area contributed by atoms with Gasteiger partial charge in [-0.05, 0) is 24.1 Å². The molecule has 0 atom stereocenters. The van der Waals surface area contributed by atoms with E-state index in [0.29, 0.717) is 12.1 Å². The fourth-order valence-electron chi connectivity index (χ4n) is 1.57. The van der Waals surface area contributed by atoms with Crippen molar-refractivity contribution in [2.75, 3.05) is 19.4 Å². The average molecular weight is 313 g/mol. The highest BCUT2D eigenvalue weighted by Crippen LogP contribution is 2.09. The van der Waals surface area contributed by atoms with E-state index < -0.39 is 15.8 Å². The molecule has 0 aromatic heterocycles. The quantitative estimate of drug-likeness (QED) is 0.756. The molecule has 0 aliphatic heterocycles. The van der Waals surface area contributed by atoms with Crippen LogP contribution in [0.25, 0.3) is 0 Å². The molecule has 7 heteroatoms. The lowest BCUT2D eigenvalue weighted by atomic mass is 10.1. The van der Waals surface area contributed by atoms with Gasteiger partial charge in [-0.2, -0.15) is 0 Å². The Hall–Kier alpha value is -1.89. The second-order valence-corrected chi connectivity index (χ2v) is 6.83. The van der Waals surface area contributed by atoms with Crippen molar-refractivity contribution in [3.8, 4) is 0 Å². The maximum absolute atomic E-state index is 11.7. The lowest BCUT2D eigenvalue weighted by molar-refractivity contribution is -0.124. The normalized spacial score (nSPS) is 11.0. The number of esters is 1. The number of nitrogens with one attached hydrogen (secondary N) is 1. The van der Waals surface area contributed by atoms with Crippen LogP contribution in [0.15, 0.2) is 24.3 Å². The summed E-state index contributed by atoms with van der Waals surface area (Å²) in [5.74, 6) is -1.05. The van der Waals surface area contributed by atoms with Crippen LogP contribution in [0.5, 0.6) is 0 Å². The van der Waals surface area contributed by atoms with Crippen LogP contribution >= 0.6 is 0 Å². The summed E-state index contributed by atoms with van der Waals surface area (Å²) in [6, 6.07) is 6.06. The molecule has 21 heavy (non-hydrogen) atoms. The Morgan fingerprint density at radius 3 is 2.33 bits per heavy atom. The Bertz CT molecular complexity index is 592. The number of ether oxygens (including phenoxy) is 1. The molecular formula is C14H19NO5S. The number of hydrogen-bond donors (Lipinski definition) is 1. The molecule has 1 aromatic rings. The van der Waals surface area contributed by atoms with Crippen LogP contribution < -0.4 is 5.32 Å². The van der Waals surface area contributed by atoms with Crippen LogP contribution in [0, 0.1) is 0 Å². The summed E-state index contributed by atoms with van der Waals surface area (Å²) in [6.45, 7) is 2.13. The van der Waals surface area contributed by atoms with E-state index in [1.165, 1.54) is 12.1 Å². The van der Waals surface area contributed by atoms with Crippen molar-refractivity contribution >= 4 is 21.7 Å². The highest BCUT2D eigenvalue weighted by molar-refractivity contribution is 7.89. The third-order valence-electron chi connectivity index (χ3n) is 2.53. The number of carbonyl (C=O) groups excluding carboxylic acids is 2. The monoisotopic (exact) mass is 313 g/mol. The molecule has 1 N–H and O–H groups in total. The maximum Gasteiger partial charge on any atom is 0.338 e. The molecule has 116 valence electrons. The minimum absolute atomic E-state index is 0.0816. The van der Waals surface area contributed by atoms with E-state index in [2.05, 4.69) is 5.32 Å². The zero-order valence-corrected chi connectivity index (χ0v) is 12.9. The van der Waals surface area contributed by atoms with Gasteiger partial charge in [0, 0.05) is 12.8 Å². The Morgan fingerprint density at radius 2 is 1.81 bits per heavy atom. The summed E-state index contributed by atoms with van der Waals surface area (Å²) >= 11 is 0. The molecule has 0 spiro atoms. The van der Waals surface area contributed by atoms with Gasteiger partial charge in [-0.3, -0.25) is 4.79 Å². The van der Waals surface area contributed by atoms with Gasteiger partial charge in [0.1, 0.15) is 0 Å². The molecule has 0 radical (unpaired) electrons. The highest BCUT2D eigenvalue weighted by Gasteiger charge is 2.11. The van der Waals surface area contributed by atoms with Crippen molar-refractivity contribution in [3.05, 3.63) is 35.4 Å². The van der Waals surface area contributed by atoms with Gasteiger partial charge in [0.05, 0.1) is 11.3 Å². The first-order valence-electron chi connectivity index (χ1n) is 6.52. The predicted octanol–water partition coefficient (Wildman–Crippen LogP) is 0.914. The molecule has 0 bridgehead atoms. The molecule has 6 nitrogen and oxygen atoms in total. The Morgan fingerprint density at radius 1 is 1.19 bits per heavy atom. The highest BCUT2D eigenvalue weighted by atomic mass is 32.2. The topological polar surface area (TPSA) is 89.5 Å². The minimum atomic E-state index is -3.11. The third-order valence-corrected chi connectivity index (χ3v) is 3.38. The number of carbonyl (C=O) groups is 2. The molecule has 1 rings (SSSR count). The van der Waals surface area contributed by atoms with Gasteiger partial charge in [0.25, 0.3) is 5.91 Å². The second-order valence-electron chi connectivity index (χ2n) is 4.69. The third kappa shape index (κ3) is 6.89. The zero-order valence-electron chi connectivity index (χ0n) is 12.1. The SMILES string of the molecule is CCCNC(=O)COC(=O)c1ccc(CS(C)(=O)=O)cc1. The van der Waals surface area contributed by atoms with Gasteiger partial charge in [-0.25, -0.2) is 13.2 Å². The van der Waals surface area contributed by atoms with Crippen LogP contribution in [0.1, 0.15) is 29.3 Å². The summed E-state index contributed by atoms with van der Waals surface area (Å²) in [6.07, 6.45) is 1.95. The second kappa shape index (κ2) is 7.78. The van der Waals surface area contributed by atoms with Crippen molar-refractivity contribution in [1.29, 1.82) is 0 Å². The van der Waals surface area contributed by atoms with E-state index in [1.54, 1.807) is 12.1 Å². The summed E-state index contributed by atoms with van der Waals surface area (Å²) in [5, 5.41) is 2.59. The number of rotatable bonds is 7. The molecule has 0 fully saturated rings. The van der Waals surface area contributed by atoms with Crippen molar-refractivity contribution in [1.82, 2.24) is 5.32 Å². The summed E-state index contributed by atoms with van der Waals surface area (Å²) in [5.41, 5.74) is 0.866. The van der Waals surface area contributed by atoms with Crippen LogP contribution in [0.3, 0.4) is 0 Å². The van der Waals surface area contributed by atoms with Crippen molar-refractivity contribution in [2.24, 2.45) is 0 Å². The molecule has 0 unspecified atom stereocenters. The van der Waals surface area contributed by atoms with Gasteiger partial charge < -0.3 is 10.1 Å². The summed E-state index contributed by atoms with van der Waals surface area (Å²) in [4.78, 5) is 23.0. The molecular weight excluding hydrogens is 294 g/mol. The van der Waals surface area contributed by atoms with Gasteiger partial charge in [0.15, 0.2) is 16.4 Å². The van der Waals surface area contributed by atoms with Gasteiger partial charge >= 0.3 is 5.97 Å². The van der Waals surface area contributed by atoms with Crippen LogP contribution in [0.4, 0.5) is 0 Å². The number of hydrogen-bond acceptors (Lipinski definition) is 5. The van der Waals surface area contributed by atoms with Crippen LogP contribution in [-0.2, 0) is 25.1 Å². The van der Waals surface area contributed by atoms with Gasteiger partial charge in [-0.15, -0.1) is 0 Å². The summed E-state index contributed by atoms with van der Waals surface area (Å²) in [7, 11) is -3.11. The van der Waals surface area contributed by atoms with E-state index in [-0.39, 0.29) is 23.8 Å². The fraction of sp³-hybridized carbons (Fsp3) is 0.429. The standard InChI is InChI=1S/C14H19NO5S/c1-3-8-15-13(16)9-20-14(17)12-6-4-11(5-7-12)10-21(2,18)19/h4-7H,3,8-10H2,1-2H3,(H,15,16). The number of benzene rings is 1. The van der Waals surface area contributed by atoms with Crippen LogP contribution in [0.2, 0.25) is 0 Å². The molecule has 0 heterocycles. The van der Waals surface area contributed by atoms with Crippen molar-refractivity contribution in [3.63, 3.8) is 0 Å². The first-order chi connectivity index (χ1) is 9.81. The largest absolute Gasteiger partial charge is 0.452 e. The van der Waals surface area contributed by atoms with Crippen molar-refractivity contribution in [2.45, 2.75) is 19.1 Å². The molecule has 0 aliphatic carbocycles. The first kappa shape index (κ1) is 17.2. The number of amides is 1. The van der Waals surface area contributed by atoms with E-state index in [4.69, 9.17) is 4.74 Å². The average Bonchev–Trinajstić information content (AvgIpc) is 2.41. The Labute approximate surface area is 124 Å². The first-order valence-corrected chi connectivity index (χ1v) is 8.58. The molecule has 1 amide bonds. The van der Waals surface area contributed by atoms with E-state index >= 15 is 0 Å². The van der Waals surface area contributed by atoms with Crippen LogP contribution in [-0.4, -0.2) is 39.7 Å². The Balaban J connectivity index is 2.53. The summed E-state index contributed by atoms with van der Waals surface area (Å²) < 4.78 is 27.2. The predicted molar refractivity (Wildman–Crippen MR) is 78.6 cm³/mol. The molecule has 0 saturated carbocycles. The van der Waals surface area contributed by atoms with Crippen molar-refractivity contribution < 1.29 is 22.7 Å². The van der Waals surface area contributed by atoms with Gasteiger partial charge in [-0.1, -0.05) is 19.1 Å². The number of sulfone groups is 1. The zero-order chi connectivity index (χ0) is 15.9. The fourth-order valence-corrected chi connectivity index (χ4v) is 2.37. The lowest BCUT2D eigenvalue weighted by Gasteiger charge is -2.06. The van der Waals surface area contributed by atoms with E-state index in [0.717, 1.165) is 12.7 Å².